The molecule has 2 N–H and O–H groups in total. The highest BCUT2D eigenvalue weighted by Gasteiger charge is 2.15. The summed E-state index contributed by atoms with van der Waals surface area (Å²) in [4.78, 5) is 19.4. The minimum atomic E-state index is -0.248. The van der Waals surface area contributed by atoms with Crippen molar-refractivity contribution in [2.45, 2.75) is 12.1 Å². The topological polar surface area (TPSA) is 106 Å². The molecule has 8 nitrogen and oxygen atoms in total. The Labute approximate surface area is 129 Å². The molecular formula is C13H13N5O3S. The predicted molar refractivity (Wildman–Crippen MR) is 80.9 cm³/mol. The van der Waals surface area contributed by atoms with Gasteiger partial charge in [0.15, 0.2) is 5.16 Å². The maximum atomic E-state index is 11.9. The van der Waals surface area contributed by atoms with Gasteiger partial charge in [0, 0.05) is 0 Å². The Morgan fingerprint density at radius 1 is 1.41 bits per heavy atom. The Balaban J connectivity index is 1.58. The third-order valence-electron chi connectivity index (χ3n) is 2.70. The van der Waals surface area contributed by atoms with Gasteiger partial charge in [0.1, 0.15) is 0 Å². The summed E-state index contributed by atoms with van der Waals surface area (Å²) in [5.74, 6) is 0.280. The number of amides is 1. The lowest BCUT2D eigenvalue weighted by atomic mass is 10.3. The molecule has 0 radical (unpaired) electrons. The minimum absolute atomic E-state index is 0.171. The first kappa shape index (κ1) is 14.4. The molecule has 2 heterocycles. The highest BCUT2D eigenvalue weighted by Crippen LogP contribution is 2.21. The zero-order valence-corrected chi connectivity index (χ0v) is 12.5. The number of ether oxygens (including phenoxy) is 1. The van der Waals surface area contributed by atoms with E-state index in [0.29, 0.717) is 11.8 Å². The van der Waals surface area contributed by atoms with E-state index in [0.717, 1.165) is 11.0 Å². The van der Waals surface area contributed by atoms with Crippen LogP contribution < -0.4 is 10.1 Å². The third kappa shape index (κ3) is 3.19. The summed E-state index contributed by atoms with van der Waals surface area (Å²) in [5.41, 5.74) is 1.80. The van der Waals surface area contributed by atoms with Crippen molar-refractivity contribution in [1.82, 2.24) is 20.3 Å². The number of carbonyl (C=O) groups excluding carboxylic acids is 1. The van der Waals surface area contributed by atoms with Crippen molar-refractivity contribution >= 4 is 34.5 Å². The summed E-state index contributed by atoms with van der Waals surface area (Å²) in [7, 11) is 0. The van der Waals surface area contributed by atoms with Gasteiger partial charge in [-0.1, -0.05) is 23.9 Å². The largest absolute Gasteiger partial charge is 0.473 e. The van der Waals surface area contributed by atoms with Gasteiger partial charge in [-0.05, 0) is 29.4 Å². The number of imidazole rings is 1. The molecule has 0 atom stereocenters. The normalized spacial score (nSPS) is 10.8. The van der Waals surface area contributed by atoms with Crippen LogP contribution >= 0.6 is 11.8 Å². The smallest absolute Gasteiger partial charge is 0.300 e. The minimum Gasteiger partial charge on any atom is -0.473 e. The lowest BCUT2D eigenvalue weighted by molar-refractivity contribution is -0.113. The van der Waals surface area contributed by atoms with Crippen molar-refractivity contribution in [3.63, 3.8) is 0 Å². The van der Waals surface area contributed by atoms with E-state index in [1.165, 1.54) is 11.8 Å². The number of carbonyl (C=O) groups is 1. The summed E-state index contributed by atoms with van der Waals surface area (Å²) in [5, 5.41) is 10.4. The first-order valence-corrected chi connectivity index (χ1v) is 7.57. The third-order valence-corrected chi connectivity index (χ3v) is 3.58. The van der Waals surface area contributed by atoms with E-state index >= 15 is 0 Å². The number of aromatic amines is 1. The van der Waals surface area contributed by atoms with Crippen LogP contribution in [0.3, 0.4) is 0 Å². The molecule has 1 amide bonds. The SMILES string of the molecule is CCOc1nonc1NC(=O)CSc1nc2ccccc2[nH]1. The second-order valence-corrected chi connectivity index (χ2v) is 5.21. The molecule has 3 aromatic rings. The molecule has 0 unspecified atom stereocenters. The van der Waals surface area contributed by atoms with Crippen molar-refractivity contribution < 1.29 is 14.2 Å². The van der Waals surface area contributed by atoms with Crippen LogP contribution in [0, 0.1) is 0 Å². The van der Waals surface area contributed by atoms with Gasteiger partial charge in [-0.3, -0.25) is 4.79 Å². The molecule has 3 rings (SSSR count). The quantitative estimate of drug-likeness (QED) is 0.670. The molecule has 114 valence electrons. The maximum Gasteiger partial charge on any atom is 0.300 e. The van der Waals surface area contributed by atoms with Gasteiger partial charge in [-0.15, -0.1) is 0 Å². The average Bonchev–Trinajstić information content (AvgIpc) is 3.12. The van der Waals surface area contributed by atoms with E-state index in [1.54, 1.807) is 6.92 Å². The fourth-order valence-corrected chi connectivity index (χ4v) is 2.47. The van der Waals surface area contributed by atoms with Gasteiger partial charge in [0.25, 0.3) is 0 Å². The van der Waals surface area contributed by atoms with Crippen LogP contribution in [0.5, 0.6) is 5.88 Å². The van der Waals surface area contributed by atoms with Gasteiger partial charge < -0.3 is 15.0 Å². The van der Waals surface area contributed by atoms with Crippen molar-refractivity contribution in [3.05, 3.63) is 24.3 Å². The molecule has 0 saturated carbocycles. The lowest BCUT2D eigenvalue weighted by Crippen LogP contribution is -2.15. The molecule has 2 aromatic heterocycles. The number of rotatable bonds is 6. The molecule has 22 heavy (non-hydrogen) atoms. The summed E-state index contributed by atoms with van der Waals surface area (Å²) in [6.45, 7) is 2.21. The highest BCUT2D eigenvalue weighted by atomic mass is 32.2. The van der Waals surface area contributed by atoms with Crippen LogP contribution in [-0.4, -0.2) is 38.5 Å². The molecular weight excluding hydrogens is 306 g/mol. The number of aromatic nitrogens is 4. The van der Waals surface area contributed by atoms with Gasteiger partial charge in [-0.2, -0.15) is 0 Å². The number of anilines is 1. The molecule has 0 saturated heterocycles. The molecule has 0 aliphatic rings. The monoisotopic (exact) mass is 319 g/mol. The number of thioether (sulfide) groups is 1. The molecule has 9 heteroatoms. The second-order valence-electron chi connectivity index (χ2n) is 4.25. The molecule has 0 fully saturated rings. The van der Waals surface area contributed by atoms with Crippen molar-refractivity contribution in [1.29, 1.82) is 0 Å². The zero-order valence-electron chi connectivity index (χ0n) is 11.7. The fourth-order valence-electron chi connectivity index (χ4n) is 1.79. The first-order valence-electron chi connectivity index (χ1n) is 6.59. The Bertz CT molecular complexity index is 752. The predicted octanol–water partition coefficient (Wildman–Crippen LogP) is 2.08. The average molecular weight is 319 g/mol. The van der Waals surface area contributed by atoms with Crippen molar-refractivity contribution in [2.24, 2.45) is 0 Å². The van der Waals surface area contributed by atoms with E-state index in [4.69, 9.17) is 4.74 Å². The first-order chi connectivity index (χ1) is 10.8. The molecule has 0 aliphatic carbocycles. The van der Waals surface area contributed by atoms with E-state index in [-0.39, 0.29) is 23.4 Å². The van der Waals surface area contributed by atoms with Gasteiger partial charge in [0.05, 0.1) is 23.4 Å². The number of H-pyrrole nitrogens is 1. The number of fused-ring (bicyclic) bond motifs is 1. The van der Waals surface area contributed by atoms with E-state index in [1.807, 2.05) is 24.3 Å². The fraction of sp³-hybridized carbons (Fsp3) is 0.231. The number of nitrogens with zero attached hydrogens (tertiary/aromatic N) is 3. The van der Waals surface area contributed by atoms with E-state index in [2.05, 4.69) is 30.2 Å². The summed E-state index contributed by atoms with van der Waals surface area (Å²) >= 11 is 1.30. The number of para-hydroxylation sites is 2. The number of benzene rings is 1. The number of hydrogen-bond acceptors (Lipinski definition) is 7. The summed E-state index contributed by atoms with van der Waals surface area (Å²) in [6, 6.07) is 7.68. The Morgan fingerprint density at radius 2 is 2.27 bits per heavy atom. The van der Waals surface area contributed by atoms with Gasteiger partial charge in [0.2, 0.25) is 11.7 Å². The van der Waals surface area contributed by atoms with Gasteiger partial charge in [-0.25, -0.2) is 9.61 Å². The standard InChI is InChI=1S/C13H13N5O3S/c1-2-20-12-11(17-21-18-12)16-10(19)7-22-13-14-8-5-3-4-6-9(8)15-13/h3-6H,2,7H2,1H3,(H,14,15)(H,16,17,19). The number of hydrogen-bond donors (Lipinski definition) is 2. The van der Waals surface area contributed by atoms with Crippen LogP contribution in [0.25, 0.3) is 11.0 Å². The van der Waals surface area contributed by atoms with E-state index < -0.39 is 0 Å². The Morgan fingerprint density at radius 3 is 3.09 bits per heavy atom. The molecule has 0 aliphatic heterocycles. The van der Waals surface area contributed by atoms with E-state index in [9.17, 15) is 4.79 Å². The van der Waals surface area contributed by atoms with Crippen LogP contribution in [0.15, 0.2) is 34.1 Å². The Hall–Kier alpha value is -2.55. The Kier molecular flexibility index (Phi) is 4.24. The van der Waals surface area contributed by atoms with Crippen LogP contribution in [0.1, 0.15) is 6.92 Å². The van der Waals surface area contributed by atoms with Gasteiger partial charge >= 0.3 is 5.88 Å². The van der Waals surface area contributed by atoms with Crippen LogP contribution in [0.4, 0.5) is 5.82 Å². The summed E-state index contributed by atoms with van der Waals surface area (Å²) in [6.07, 6.45) is 0. The molecule has 0 spiro atoms. The second kappa shape index (κ2) is 6.48. The molecule has 1 aromatic carbocycles. The van der Waals surface area contributed by atoms with Crippen molar-refractivity contribution in [3.8, 4) is 5.88 Å². The summed E-state index contributed by atoms with van der Waals surface area (Å²) < 4.78 is 9.71. The zero-order chi connectivity index (χ0) is 15.4. The highest BCUT2D eigenvalue weighted by molar-refractivity contribution is 7.99. The van der Waals surface area contributed by atoms with Crippen LogP contribution in [0.2, 0.25) is 0 Å². The lowest BCUT2D eigenvalue weighted by Gasteiger charge is -2.02. The van der Waals surface area contributed by atoms with Crippen LogP contribution in [-0.2, 0) is 4.79 Å². The number of nitrogens with one attached hydrogen (secondary N) is 2. The van der Waals surface area contributed by atoms with Crippen molar-refractivity contribution in [2.75, 3.05) is 17.7 Å². The molecule has 0 bridgehead atoms. The maximum absolute atomic E-state index is 11.9.